The monoisotopic (exact) mass is 224 g/mol. The van der Waals surface area contributed by atoms with Crippen LogP contribution < -0.4 is 4.74 Å². The molecule has 0 unspecified atom stereocenters. The molecule has 0 bridgehead atoms. The molecule has 0 saturated carbocycles. The Morgan fingerprint density at radius 2 is 2.18 bits per heavy atom. The van der Waals surface area contributed by atoms with Crippen LogP contribution in [0.1, 0.15) is 5.69 Å². The van der Waals surface area contributed by atoms with Crippen LogP contribution >= 0.6 is 0 Å². The van der Waals surface area contributed by atoms with E-state index in [9.17, 15) is 0 Å². The molecule has 3 aromatic rings. The Morgan fingerprint density at radius 3 is 3.06 bits per heavy atom. The van der Waals surface area contributed by atoms with Gasteiger partial charge in [-0.25, -0.2) is 4.98 Å². The number of rotatable bonds is 3. The summed E-state index contributed by atoms with van der Waals surface area (Å²) in [6.07, 6.45) is 4.46. The number of ether oxygens (including phenoxy) is 1. The smallest absolute Gasteiger partial charge is 0.174 e. The van der Waals surface area contributed by atoms with E-state index in [4.69, 9.17) is 4.74 Å². The quantitative estimate of drug-likeness (QED) is 0.742. The summed E-state index contributed by atoms with van der Waals surface area (Å²) in [5.41, 5.74) is 2.61. The van der Waals surface area contributed by atoms with Crippen LogP contribution in [0.2, 0.25) is 0 Å². The fraction of sp³-hybridized carbons (Fsp3) is 0.0769. The zero-order chi connectivity index (χ0) is 11.5. The zero-order valence-electron chi connectivity index (χ0n) is 9.05. The van der Waals surface area contributed by atoms with Gasteiger partial charge in [-0.2, -0.15) is 0 Å². The fourth-order valence-electron chi connectivity index (χ4n) is 1.63. The van der Waals surface area contributed by atoms with Crippen molar-refractivity contribution in [2.45, 2.75) is 6.61 Å². The third-order valence-corrected chi connectivity index (χ3v) is 2.46. The molecule has 1 N–H and O–H groups in total. The van der Waals surface area contributed by atoms with E-state index in [-0.39, 0.29) is 0 Å². The summed E-state index contributed by atoms with van der Waals surface area (Å²) in [6, 6.07) is 11.5. The lowest BCUT2D eigenvalue weighted by Gasteiger charge is -2.05. The van der Waals surface area contributed by atoms with Crippen LogP contribution in [0, 0.1) is 6.33 Å². The Balaban J connectivity index is 1.84. The number of hydrogen-bond donors (Lipinski definition) is 1. The molecule has 0 fully saturated rings. The van der Waals surface area contributed by atoms with E-state index >= 15 is 0 Å². The molecule has 0 spiro atoms. The summed E-state index contributed by atoms with van der Waals surface area (Å²) in [4.78, 5) is 11.2. The van der Waals surface area contributed by atoms with Gasteiger partial charge in [0, 0.05) is 6.20 Å². The first-order valence-electron chi connectivity index (χ1n) is 5.31. The summed E-state index contributed by atoms with van der Waals surface area (Å²) in [7, 11) is 0. The van der Waals surface area contributed by atoms with E-state index in [1.165, 1.54) is 0 Å². The van der Waals surface area contributed by atoms with Gasteiger partial charge in [-0.3, -0.25) is 4.98 Å². The number of benzene rings is 1. The van der Waals surface area contributed by atoms with Gasteiger partial charge in [-0.1, -0.05) is 12.1 Å². The van der Waals surface area contributed by atoms with Crippen molar-refractivity contribution in [1.82, 2.24) is 15.0 Å². The number of nitrogens with one attached hydrogen (secondary N) is 1. The van der Waals surface area contributed by atoms with Crippen molar-refractivity contribution >= 4 is 11.0 Å². The predicted octanol–water partition coefficient (Wildman–Crippen LogP) is 2.34. The second-order valence-corrected chi connectivity index (χ2v) is 3.61. The molecule has 2 aromatic heterocycles. The Bertz CT molecular complexity index is 619. The Hall–Kier alpha value is -2.36. The van der Waals surface area contributed by atoms with E-state index in [0.29, 0.717) is 6.61 Å². The lowest BCUT2D eigenvalue weighted by molar-refractivity contribution is 0.304. The van der Waals surface area contributed by atoms with Gasteiger partial charge in [-0.05, 0) is 24.3 Å². The summed E-state index contributed by atoms with van der Waals surface area (Å²) in [6.45, 7) is 0.437. The maximum absolute atomic E-state index is 5.70. The van der Waals surface area contributed by atoms with Gasteiger partial charge in [0.05, 0.1) is 11.2 Å². The van der Waals surface area contributed by atoms with Gasteiger partial charge in [0.25, 0.3) is 0 Å². The van der Waals surface area contributed by atoms with Crippen molar-refractivity contribution in [1.29, 1.82) is 0 Å². The predicted molar refractivity (Wildman–Crippen MR) is 63.5 cm³/mol. The highest BCUT2D eigenvalue weighted by atomic mass is 16.5. The molecular weight excluding hydrogens is 214 g/mol. The molecule has 0 saturated heterocycles. The lowest BCUT2D eigenvalue weighted by Crippen LogP contribution is -1.97. The minimum absolute atomic E-state index is 0.437. The SMILES string of the molecule is [c]1nc2c(OCc3ccccn3)cccc2[nH]1. The second-order valence-electron chi connectivity index (χ2n) is 3.61. The van der Waals surface area contributed by atoms with Gasteiger partial charge in [0.2, 0.25) is 0 Å². The third kappa shape index (κ3) is 1.97. The third-order valence-electron chi connectivity index (χ3n) is 2.46. The molecule has 0 amide bonds. The number of aromatic amines is 1. The number of pyridine rings is 1. The van der Waals surface area contributed by atoms with Crippen LogP contribution in [0.15, 0.2) is 42.6 Å². The molecule has 0 atom stereocenters. The first-order valence-corrected chi connectivity index (χ1v) is 5.31. The maximum atomic E-state index is 5.70. The molecule has 2 heterocycles. The van der Waals surface area contributed by atoms with Gasteiger partial charge < -0.3 is 9.72 Å². The number of nitrogens with zero attached hydrogens (tertiary/aromatic N) is 2. The fourth-order valence-corrected chi connectivity index (χ4v) is 1.63. The molecular formula is C13H10N3O. The van der Waals surface area contributed by atoms with Crippen LogP contribution in [0.25, 0.3) is 11.0 Å². The number of aromatic nitrogens is 3. The lowest BCUT2D eigenvalue weighted by atomic mass is 10.3. The molecule has 0 aliphatic heterocycles. The number of para-hydroxylation sites is 1. The minimum atomic E-state index is 0.437. The van der Waals surface area contributed by atoms with Gasteiger partial charge in [-0.15, -0.1) is 0 Å². The average Bonchev–Trinajstić information content (AvgIpc) is 2.86. The van der Waals surface area contributed by atoms with Gasteiger partial charge in [0.15, 0.2) is 6.33 Å². The standard InChI is InChI=1S/C13H10N3O/c1-2-7-14-10(4-1)8-17-12-6-3-5-11-13(12)16-9-15-11/h1-7H,8H2,(H,15,16). The van der Waals surface area contributed by atoms with Crippen LogP contribution in [-0.2, 0) is 6.61 Å². The molecule has 4 nitrogen and oxygen atoms in total. The number of fused-ring (bicyclic) bond motifs is 1. The van der Waals surface area contributed by atoms with Crippen molar-refractivity contribution in [2.24, 2.45) is 0 Å². The molecule has 0 aliphatic carbocycles. The van der Waals surface area contributed by atoms with E-state index in [0.717, 1.165) is 22.5 Å². The largest absolute Gasteiger partial charge is 0.485 e. The maximum Gasteiger partial charge on any atom is 0.174 e. The van der Waals surface area contributed by atoms with E-state index in [2.05, 4.69) is 21.3 Å². The minimum Gasteiger partial charge on any atom is -0.485 e. The van der Waals surface area contributed by atoms with E-state index in [1.54, 1.807) is 6.20 Å². The van der Waals surface area contributed by atoms with Crippen LogP contribution in [0.5, 0.6) is 5.75 Å². The molecule has 0 aliphatic rings. The normalized spacial score (nSPS) is 10.6. The van der Waals surface area contributed by atoms with Crippen LogP contribution in [-0.4, -0.2) is 15.0 Å². The van der Waals surface area contributed by atoms with Crippen molar-refractivity contribution in [2.75, 3.05) is 0 Å². The summed E-state index contributed by atoms with van der Waals surface area (Å²) < 4.78 is 5.70. The molecule has 4 heteroatoms. The summed E-state index contributed by atoms with van der Waals surface area (Å²) in [5.74, 6) is 0.741. The molecule has 1 aromatic carbocycles. The Kier molecular flexibility index (Phi) is 2.46. The first-order chi connectivity index (χ1) is 8.43. The highest BCUT2D eigenvalue weighted by Gasteiger charge is 2.04. The number of H-pyrrole nitrogens is 1. The zero-order valence-corrected chi connectivity index (χ0v) is 9.05. The van der Waals surface area contributed by atoms with Crippen molar-refractivity contribution in [3.8, 4) is 5.75 Å². The average molecular weight is 224 g/mol. The van der Waals surface area contributed by atoms with Gasteiger partial charge >= 0.3 is 0 Å². The van der Waals surface area contributed by atoms with Crippen LogP contribution in [0.3, 0.4) is 0 Å². The molecule has 1 radical (unpaired) electrons. The summed E-state index contributed by atoms with van der Waals surface area (Å²) in [5, 5.41) is 0. The van der Waals surface area contributed by atoms with Crippen molar-refractivity contribution in [3.63, 3.8) is 0 Å². The Labute approximate surface area is 98.3 Å². The summed E-state index contributed by atoms with van der Waals surface area (Å²) >= 11 is 0. The molecule has 83 valence electrons. The highest BCUT2D eigenvalue weighted by Crippen LogP contribution is 2.22. The number of hydrogen-bond acceptors (Lipinski definition) is 3. The number of imidazole rings is 1. The molecule has 17 heavy (non-hydrogen) atoms. The van der Waals surface area contributed by atoms with Gasteiger partial charge in [0.1, 0.15) is 17.9 Å². The van der Waals surface area contributed by atoms with Crippen molar-refractivity contribution < 1.29 is 4.74 Å². The molecule has 3 rings (SSSR count). The second kappa shape index (κ2) is 4.25. The van der Waals surface area contributed by atoms with E-state index < -0.39 is 0 Å². The topological polar surface area (TPSA) is 50.8 Å². The first kappa shape index (κ1) is 9.84. The van der Waals surface area contributed by atoms with E-state index in [1.807, 2.05) is 36.4 Å². The van der Waals surface area contributed by atoms with Crippen LogP contribution in [0.4, 0.5) is 0 Å². The Morgan fingerprint density at radius 1 is 1.18 bits per heavy atom. The highest BCUT2D eigenvalue weighted by molar-refractivity contribution is 5.80. The van der Waals surface area contributed by atoms with Crippen molar-refractivity contribution in [3.05, 3.63) is 54.6 Å².